The van der Waals surface area contributed by atoms with Crippen molar-refractivity contribution in [2.75, 3.05) is 11.9 Å². The monoisotopic (exact) mass is 436 g/mol. The summed E-state index contributed by atoms with van der Waals surface area (Å²) in [6, 6.07) is -0.786. The third-order valence-corrected chi connectivity index (χ3v) is 7.61. The van der Waals surface area contributed by atoms with Crippen molar-refractivity contribution in [2.24, 2.45) is 0 Å². The first-order chi connectivity index (χ1) is 14.0. The number of anilines is 1. The lowest BCUT2D eigenvalue weighted by Gasteiger charge is -2.19. The molecule has 2 aromatic rings. The SMILES string of the molecule is O=C(Nc1c2c(c(Cl)c3c1CCC3)CCC2)NS(=O)(=O)c1cnn2c1OCCC2. The van der Waals surface area contributed by atoms with Crippen LogP contribution < -0.4 is 14.8 Å². The molecule has 0 fully saturated rings. The molecule has 1 aliphatic heterocycles. The predicted octanol–water partition coefficient (Wildman–Crippen LogP) is 2.81. The molecule has 3 aliphatic rings. The average Bonchev–Trinajstić information content (AvgIpc) is 3.43. The second-order valence-electron chi connectivity index (χ2n) is 7.61. The number of sulfonamides is 1. The third-order valence-electron chi connectivity index (χ3n) is 5.84. The number of amides is 2. The summed E-state index contributed by atoms with van der Waals surface area (Å²) in [4.78, 5) is 12.5. The van der Waals surface area contributed by atoms with E-state index in [0.29, 0.717) is 13.2 Å². The fourth-order valence-corrected chi connectivity index (χ4v) is 5.99. The first kappa shape index (κ1) is 18.7. The number of ether oxygens (including phenoxy) is 1. The summed E-state index contributed by atoms with van der Waals surface area (Å²) in [5.41, 5.74) is 4.98. The highest BCUT2D eigenvalue weighted by atomic mass is 35.5. The number of carbonyl (C=O) groups is 1. The fraction of sp³-hybridized carbons (Fsp3) is 0.474. The minimum absolute atomic E-state index is 0.126. The van der Waals surface area contributed by atoms with E-state index >= 15 is 0 Å². The maximum absolute atomic E-state index is 12.8. The van der Waals surface area contributed by atoms with Gasteiger partial charge in [0.1, 0.15) is 0 Å². The highest BCUT2D eigenvalue weighted by Gasteiger charge is 2.31. The van der Waals surface area contributed by atoms with Crippen molar-refractivity contribution < 1.29 is 17.9 Å². The minimum atomic E-state index is -4.11. The van der Waals surface area contributed by atoms with E-state index < -0.39 is 16.1 Å². The zero-order chi connectivity index (χ0) is 20.2. The Labute approximate surface area is 173 Å². The number of hydrogen-bond donors (Lipinski definition) is 2. The molecule has 0 saturated carbocycles. The predicted molar refractivity (Wildman–Crippen MR) is 107 cm³/mol. The van der Waals surface area contributed by atoms with Crippen LogP contribution >= 0.6 is 11.6 Å². The third kappa shape index (κ3) is 3.07. The molecule has 2 amide bonds. The van der Waals surface area contributed by atoms with Crippen molar-refractivity contribution in [1.29, 1.82) is 0 Å². The molecule has 2 N–H and O–H groups in total. The summed E-state index contributed by atoms with van der Waals surface area (Å²) in [6.45, 7) is 1.00. The molecule has 1 aromatic heterocycles. The van der Waals surface area contributed by atoms with Gasteiger partial charge in [-0.3, -0.25) is 0 Å². The highest BCUT2D eigenvalue weighted by molar-refractivity contribution is 7.90. The van der Waals surface area contributed by atoms with Crippen molar-refractivity contribution in [3.8, 4) is 5.88 Å². The Balaban J connectivity index is 1.43. The number of fused-ring (bicyclic) bond motifs is 3. The lowest BCUT2D eigenvalue weighted by Crippen LogP contribution is -2.35. The van der Waals surface area contributed by atoms with Gasteiger partial charge in [-0.1, -0.05) is 11.6 Å². The molecule has 2 heterocycles. The first-order valence-corrected chi connectivity index (χ1v) is 11.7. The van der Waals surface area contributed by atoms with Crippen molar-refractivity contribution in [1.82, 2.24) is 14.5 Å². The Morgan fingerprint density at radius 1 is 1.07 bits per heavy atom. The second-order valence-corrected chi connectivity index (χ2v) is 9.64. The first-order valence-electron chi connectivity index (χ1n) is 9.83. The quantitative estimate of drug-likeness (QED) is 0.770. The number of nitrogens with zero attached hydrogens (tertiary/aromatic N) is 2. The van der Waals surface area contributed by atoms with Gasteiger partial charge in [0, 0.05) is 23.7 Å². The molecule has 0 bridgehead atoms. The Morgan fingerprint density at radius 3 is 2.41 bits per heavy atom. The Bertz CT molecular complexity index is 1090. The molecule has 0 radical (unpaired) electrons. The summed E-state index contributed by atoms with van der Waals surface area (Å²) < 4.78 is 34.6. The smallest absolute Gasteiger partial charge is 0.333 e. The molecule has 5 rings (SSSR count). The molecule has 2 aliphatic carbocycles. The van der Waals surface area contributed by atoms with Crippen molar-refractivity contribution in [2.45, 2.75) is 56.4 Å². The molecular weight excluding hydrogens is 416 g/mol. The van der Waals surface area contributed by atoms with Gasteiger partial charge in [-0.15, -0.1) is 0 Å². The van der Waals surface area contributed by atoms with Crippen LogP contribution in [-0.4, -0.2) is 30.8 Å². The number of hydrogen-bond acceptors (Lipinski definition) is 5. The van der Waals surface area contributed by atoms with Gasteiger partial charge in [-0.2, -0.15) is 5.10 Å². The lowest BCUT2D eigenvalue weighted by molar-refractivity contribution is 0.224. The van der Waals surface area contributed by atoms with Crippen LogP contribution in [-0.2, 0) is 42.3 Å². The molecule has 10 heteroatoms. The largest absolute Gasteiger partial charge is 0.477 e. The molecule has 29 heavy (non-hydrogen) atoms. The molecule has 1 aromatic carbocycles. The standard InChI is InChI=1S/C19H21ClN4O4S/c20-16-11-4-1-6-13(11)17(14-7-2-5-12(14)16)22-19(25)23-29(26,27)15-10-21-24-8-3-9-28-18(15)24/h10H,1-9H2,(H2,22,23,25). The molecule has 0 saturated heterocycles. The molecule has 8 nitrogen and oxygen atoms in total. The van der Waals surface area contributed by atoms with Crippen LogP contribution in [0.15, 0.2) is 11.1 Å². The van der Waals surface area contributed by atoms with Gasteiger partial charge in [0.15, 0.2) is 4.90 Å². The Morgan fingerprint density at radius 2 is 1.72 bits per heavy atom. The summed E-state index contributed by atoms with van der Waals surface area (Å²) in [6.07, 6.45) is 7.36. The highest BCUT2D eigenvalue weighted by Crippen LogP contribution is 2.44. The Kier molecular flexibility index (Phi) is 4.47. The summed E-state index contributed by atoms with van der Waals surface area (Å²) in [5.74, 6) is 0.171. The zero-order valence-electron chi connectivity index (χ0n) is 15.8. The minimum Gasteiger partial charge on any atom is -0.477 e. The number of aryl methyl sites for hydroxylation is 1. The molecule has 0 spiro atoms. The second kappa shape index (κ2) is 6.91. The van der Waals surface area contributed by atoms with Gasteiger partial charge in [-0.05, 0) is 60.8 Å². The van der Waals surface area contributed by atoms with Crippen LogP contribution in [0.25, 0.3) is 0 Å². The summed E-state index contributed by atoms with van der Waals surface area (Å²) in [5, 5.41) is 7.68. The number of urea groups is 1. The molecule has 154 valence electrons. The number of benzene rings is 1. The average molecular weight is 437 g/mol. The lowest BCUT2D eigenvalue weighted by atomic mass is 9.98. The van der Waals surface area contributed by atoms with E-state index in [0.717, 1.165) is 77.9 Å². The topological polar surface area (TPSA) is 102 Å². The van der Waals surface area contributed by atoms with Crippen LogP contribution in [0.2, 0.25) is 5.02 Å². The van der Waals surface area contributed by atoms with Crippen molar-refractivity contribution in [3.05, 3.63) is 33.5 Å². The van der Waals surface area contributed by atoms with E-state index in [1.54, 1.807) is 0 Å². The van der Waals surface area contributed by atoms with Crippen LogP contribution in [0.1, 0.15) is 41.5 Å². The number of nitrogens with one attached hydrogen (secondary N) is 2. The summed E-state index contributed by atoms with van der Waals surface area (Å²) >= 11 is 6.60. The molecular formula is C19H21ClN4O4S. The van der Waals surface area contributed by atoms with Gasteiger partial charge < -0.3 is 10.1 Å². The van der Waals surface area contributed by atoms with Gasteiger partial charge in [0.2, 0.25) is 5.88 Å². The summed E-state index contributed by atoms with van der Waals surface area (Å²) in [7, 11) is -4.11. The maximum atomic E-state index is 12.8. The Hall–Kier alpha value is -2.26. The van der Waals surface area contributed by atoms with Crippen LogP contribution in [0, 0.1) is 0 Å². The van der Waals surface area contributed by atoms with Crippen molar-refractivity contribution >= 4 is 33.3 Å². The van der Waals surface area contributed by atoms with Crippen LogP contribution in [0.5, 0.6) is 5.88 Å². The van der Waals surface area contributed by atoms with Crippen LogP contribution in [0.3, 0.4) is 0 Å². The maximum Gasteiger partial charge on any atom is 0.333 e. The number of halogens is 1. The van der Waals surface area contributed by atoms with Gasteiger partial charge in [0.05, 0.1) is 12.8 Å². The number of carbonyl (C=O) groups excluding carboxylic acids is 1. The van der Waals surface area contributed by atoms with E-state index in [4.69, 9.17) is 16.3 Å². The van der Waals surface area contributed by atoms with E-state index in [1.165, 1.54) is 10.9 Å². The van der Waals surface area contributed by atoms with Gasteiger partial charge in [-0.25, -0.2) is 22.6 Å². The van der Waals surface area contributed by atoms with Crippen molar-refractivity contribution in [3.63, 3.8) is 0 Å². The normalized spacial score (nSPS) is 17.3. The van der Waals surface area contributed by atoms with Gasteiger partial charge in [0.25, 0.3) is 10.0 Å². The van der Waals surface area contributed by atoms with E-state index in [2.05, 4.69) is 15.1 Å². The molecule has 0 atom stereocenters. The fourth-order valence-electron chi connectivity index (χ4n) is 4.58. The zero-order valence-corrected chi connectivity index (χ0v) is 17.3. The van der Waals surface area contributed by atoms with Crippen LogP contribution in [0.4, 0.5) is 10.5 Å². The molecule has 0 unspecified atom stereocenters. The number of rotatable bonds is 3. The van der Waals surface area contributed by atoms with E-state index in [9.17, 15) is 13.2 Å². The van der Waals surface area contributed by atoms with Gasteiger partial charge >= 0.3 is 6.03 Å². The van der Waals surface area contributed by atoms with E-state index in [-0.39, 0.29) is 10.8 Å². The van der Waals surface area contributed by atoms with E-state index in [1.807, 2.05) is 0 Å². The number of aromatic nitrogens is 2.